The Hall–Kier alpha value is -0.810. The van der Waals surface area contributed by atoms with E-state index >= 15 is 0 Å². The van der Waals surface area contributed by atoms with Gasteiger partial charge in [0.05, 0.1) is 0 Å². The van der Waals surface area contributed by atoms with Crippen molar-refractivity contribution in [3.63, 3.8) is 0 Å². The van der Waals surface area contributed by atoms with Gasteiger partial charge in [0.15, 0.2) is 0 Å². The van der Waals surface area contributed by atoms with Crippen LogP contribution in [-0.2, 0) is 0 Å². The van der Waals surface area contributed by atoms with E-state index in [-0.39, 0.29) is 10.2 Å². The van der Waals surface area contributed by atoms with E-state index in [0.29, 0.717) is 11.1 Å². The van der Waals surface area contributed by atoms with Crippen LogP contribution in [-0.4, -0.2) is 27.7 Å². The van der Waals surface area contributed by atoms with Gasteiger partial charge in [-0.25, -0.2) is 0 Å². The maximum Gasteiger partial charge on any atom is 0.220 e. The van der Waals surface area contributed by atoms with Crippen LogP contribution in [0, 0.1) is 0 Å². The Bertz CT molecular complexity index is 334. The predicted molar refractivity (Wildman–Crippen MR) is 59.9 cm³/mol. The molecule has 5 heteroatoms. The van der Waals surface area contributed by atoms with Gasteiger partial charge in [-0.3, -0.25) is 14.6 Å². The summed E-state index contributed by atoms with van der Waals surface area (Å²) in [7, 11) is 0. The molecule has 0 aliphatic heterocycles. The van der Waals surface area contributed by atoms with Crippen LogP contribution in [0.3, 0.4) is 0 Å². The zero-order valence-electron chi connectivity index (χ0n) is 7.81. The molecule has 0 amide bonds. The number of hydrogen-bond donors (Lipinski definition) is 0. The second kappa shape index (κ2) is 5.17. The molecule has 3 nitrogen and oxygen atoms in total. The van der Waals surface area contributed by atoms with Crippen LogP contribution in [0.15, 0.2) is 18.5 Å². The molecule has 0 fully saturated rings. The molecule has 14 heavy (non-hydrogen) atoms. The van der Waals surface area contributed by atoms with Gasteiger partial charge in [0, 0.05) is 23.5 Å². The van der Waals surface area contributed by atoms with Gasteiger partial charge in [-0.2, -0.15) is 0 Å². The summed E-state index contributed by atoms with van der Waals surface area (Å²) >= 11 is 2.22. The van der Waals surface area contributed by atoms with Gasteiger partial charge >= 0.3 is 0 Å². The third-order valence-electron chi connectivity index (χ3n) is 1.58. The normalized spacial score (nSPS) is 9.86. The average molecular weight is 227 g/mol. The molecule has 0 saturated heterocycles. The molecule has 0 aliphatic rings. The molecule has 1 heterocycles. The van der Waals surface area contributed by atoms with E-state index in [0.717, 1.165) is 23.5 Å². The lowest BCUT2D eigenvalue weighted by Gasteiger charge is -1.99. The van der Waals surface area contributed by atoms with Crippen molar-refractivity contribution >= 4 is 33.8 Å². The molecule has 1 aromatic rings. The highest BCUT2D eigenvalue weighted by molar-refractivity contribution is 8.13. The molecule has 0 N–H and O–H groups in total. The van der Waals surface area contributed by atoms with E-state index in [1.165, 1.54) is 12.4 Å². The molecular weight excluding hydrogens is 218 g/mol. The van der Waals surface area contributed by atoms with E-state index in [2.05, 4.69) is 4.98 Å². The third kappa shape index (κ3) is 2.59. The molecule has 0 bridgehead atoms. The van der Waals surface area contributed by atoms with Crippen molar-refractivity contribution in [3.8, 4) is 0 Å². The number of rotatable bonds is 2. The van der Waals surface area contributed by atoms with Crippen LogP contribution < -0.4 is 0 Å². The quantitative estimate of drug-likeness (QED) is 0.774. The second-order valence-electron chi connectivity index (χ2n) is 2.45. The predicted octanol–water partition coefficient (Wildman–Crippen LogP) is 2.09. The van der Waals surface area contributed by atoms with E-state index in [9.17, 15) is 9.59 Å². The summed E-state index contributed by atoms with van der Waals surface area (Å²) < 4.78 is 0. The van der Waals surface area contributed by atoms with Crippen LogP contribution in [0.5, 0.6) is 0 Å². The summed E-state index contributed by atoms with van der Waals surface area (Å²) in [5, 5.41) is -0.151. The van der Waals surface area contributed by atoms with Gasteiger partial charge in [0.2, 0.25) is 10.2 Å². The molecule has 0 spiro atoms. The highest BCUT2D eigenvalue weighted by atomic mass is 32.2. The lowest BCUT2D eigenvalue weighted by Crippen LogP contribution is -1.99. The highest BCUT2D eigenvalue weighted by Crippen LogP contribution is 2.13. The summed E-state index contributed by atoms with van der Waals surface area (Å²) in [6.07, 6.45) is 6.34. The standard InChI is InChI=1S/C9H9NO2S2/c1-13-8(11)6-3-7(5-10-4-6)9(12)14-2/h3-5H,1-2H3. The van der Waals surface area contributed by atoms with E-state index in [1.54, 1.807) is 18.6 Å². The molecule has 0 saturated carbocycles. The first-order valence-electron chi connectivity index (χ1n) is 3.80. The molecule has 0 atom stereocenters. The molecule has 0 radical (unpaired) electrons. The topological polar surface area (TPSA) is 47.0 Å². The highest BCUT2D eigenvalue weighted by Gasteiger charge is 2.09. The summed E-state index contributed by atoms with van der Waals surface area (Å²) in [6, 6.07) is 1.57. The first kappa shape index (κ1) is 11.3. The van der Waals surface area contributed by atoms with Crippen molar-refractivity contribution in [3.05, 3.63) is 29.6 Å². The Balaban J connectivity index is 3.01. The van der Waals surface area contributed by atoms with Crippen molar-refractivity contribution in [2.75, 3.05) is 12.5 Å². The Morgan fingerprint density at radius 2 is 1.50 bits per heavy atom. The number of carbonyl (C=O) groups is 2. The van der Waals surface area contributed by atoms with Gasteiger partial charge in [-0.1, -0.05) is 23.5 Å². The maximum absolute atomic E-state index is 11.3. The number of carbonyl (C=O) groups excluding carboxylic acids is 2. The van der Waals surface area contributed by atoms with Gasteiger partial charge in [0.25, 0.3) is 0 Å². The fraction of sp³-hybridized carbons (Fsp3) is 0.222. The van der Waals surface area contributed by atoms with Crippen molar-refractivity contribution in [1.82, 2.24) is 4.98 Å². The molecule has 74 valence electrons. The average Bonchev–Trinajstić information content (AvgIpc) is 2.27. The molecule has 1 rings (SSSR count). The minimum atomic E-state index is -0.0757. The van der Waals surface area contributed by atoms with Gasteiger partial charge in [-0.05, 0) is 18.6 Å². The maximum atomic E-state index is 11.3. The minimum Gasteiger partial charge on any atom is -0.282 e. The van der Waals surface area contributed by atoms with Gasteiger partial charge < -0.3 is 0 Å². The SMILES string of the molecule is CSC(=O)c1cncc(C(=O)SC)c1. The molecule has 0 aliphatic carbocycles. The molecule has 1 aromatic heterocycles. The zero-order chi connectivity index (χ0) is 10.6. The van der Waals surface area contributed by atoms with Crippen molar-refractivity contribution in [2.45, 2.75) is 0 Å². The Labute approximate surface area is 90.7 Å². The van der Waals surface area contributed by atoms with Crippen LogP contribution in [0.1, 0.15) is 20.7 Å². The summed E-state index contributed by atoms with van der Waals surface area (Å²) in [5.74, 6) is 0. The van der Waals surface area contributed by atoms with E-state index in [4.69, 9.17) is 0 Å². The summed E-state index contributed by atoms with van der Waals surface area (Å²) in [4.78, 5) is 26.4. The molecule has 0 unspecified atom stereocenters. The first-order valence-corrected chi connectivity index (χ1v) is 6.25. The van der Waals surface area contributed by atoms with Crippen molar-refractivity contribution in [1.29, 1.82) is 0 Å². The Kier molecular flexibility index (Phi) is 4.16. The van der Waals surface area contributed by atoms with Crippen LogP contribution in [0.4, 0.5) is 0 Å². The van der Waals surface area contributed by atoms with Crippen molar-refractivity contribution in [2.24, 2.45) is 0 Å². The van der Waals surface area contributed by atoms with Gasteiger partial charge in [-0.15, -0.1) is 0 Å². The number of nitrogens with zero attached hydrogens (tertiary/aromatic N) is 1. The lowest BCUT2D eigenvalue weighted by atomic mass is 10.2. The zero-order valence-corrected chi connectivity index (χ0v) is 9.45. The van der Waals surface area contributed by atoms with Gasteiger partial charge in [0.1, 0.15) is 0 Å². The fourth-order valence-electron chi connectivity index (χ4n) is 0.899. The largest absolute Gasteiger partial charge is 0.282 e. The molecular formula is C9H9NO2S2. The number of pyridine rings is 1. The number of aromatic nitrogens is 1. The number of thioether (sulfide) groups is 2. The van der Waals surface area contributed by atoms with Crippen LogP contribution >= 0.6 is 23.5 Å². The monoisotopic (exact) mass is 227 g/mol. The smallest absolute Gasteiger partial charge is 0.220 e. The Morgan fingerprint density at radius 1 is 1.07 bits per heavy atom. The summed E-state index contributed by atoms with van der Waals surface area (Å²) in [5.41, 5.74) is 0.940. The fourth-order valence-corrected chi connectivity index (χ4v) is 1.59. The first-order chi connectivity index (χ1) is 6.69. The van der Waals surface area contributed by atoms with Crippen LogP contribution in [0.2, 0.25) is 0 Å². The van der Waals surface area contributed by atoms with E-state index < -0.39 is 0 Å². The minimum absolute atomic E-state index is 0.0757. The van der Waals surface area contributed by atoms with Crippen molar-refractivity contribution < 1.29 is 9.59 Å². The van der Waals surface area contributed by atoms with Crippen LogP contribution in [0.25, 0.3) is 0 Å². The lowest BCUT2D eigenvalue weighted by molar-refractivity contribution is 0.108. The summed E-state index contributed by atoms with van der Waals surface area (Å²) in [6.45, 7) is 0. The van der Waals surface area contributed by atoms with E-state index in [1.807, 2.05) is 0 Å². The Morgan fingerprint density at radius 3 is 1.86 bits per heavy atom. The second-order valence-corrected chi connectivity index (χ2v) is 4.00. The molecule has 0 aromatic carbocycles. The third-order valence-corrected chi connectivity index (χ3v) is 2.79. The number of hydrogen-bond acceptors (Lipinski definition) is 5.